The van der Waals surface area contributed by atoms with Crippen LogP contribution in [0.4, 0.5) is 0 Å². The molecule has 1 N–H and O–H groups in total. The van der Waals surface area contributed by atoms with E-state index in [1.54, 1.807) is 33.7 Å². The first-order valence-electron chi connectivity index (χ1n) is 9.88. The van der Waals surface area contributed by atoms with Crippen LogP contribution in [0.15, 0.2) is 71.4 Å². The van der Waals surface area contributed by atoms with E-state index in [1.165, 1.54) is 0 Å². The summed E-state index contributed by atoms with van der Waals surface area (Å²) >= 11 is 0. The highest BCUT2D eigenvalue weighted by molar-refractivity contribution is 6.47. The summed E-state index contributed by atoms with van der Waals surface area (Å²) in [5.74, 6) is 0.555. The van der Waals surface area contributed by atoms with Crippen LogP contribution in [0.3, 0.4) is 0 Å². The van der Waals surface area contributed by atoms with Gasteiger partial charge in [0, 0.05) is 12.4 Å². The SMILES string of the molecule is CC(C)(O)C(C)(C)O[B]c1cccc(-c2ccc3oc(-c4cccnc4)nc3c2)c1. The van der Waals surface area contributed by atoms with E-state index in [4.69, 9.17) is 9.07 Å². The van der Waals surface area contributed by atoms with E-state index < -0.39 is 11.2 Å². The Hall–Kier alpha value is -2.96. The van der Waals surface area contributed by atoms with Gasteiger partial charge in [-0.15, -0.1) is 0 Å². The van der Waals surface area contributed by atoms with E-state index in [2.05, 4.69) is 9.97 Å². The van der Waals surface area contributed by atoms with Gasteiger partial charge < -0.3 is 14.2 Å². The molecular weight excluding hydrogens is 375 g/mol. The number of oxazole rings is 1. The minimum Gasteiger partial charge on any atom is -0.436 e. The Labute approximate surface area is 177 Å². The Bertz CT molecular complexity index is 1160. The maximum Gasteiger partial charge on any atom is 0.330 e. The minimum absolute atomic E-state index is 0.555. The van der Waals surface area contributed by atoms with Crippen molar-refractivity contribution in [1.29, 1.82) is 0 Å². The van der Waals surface area contributed by atoms with Crippen LogP contribution in [0.2, 0.25) is 0 Å². The van der Waals surface area contributed by atoms with Crippen LogP contribution in [-0.4, -0.2) is 33.8 Å². The smallest absolute Gasteiger partial charge is 0.330 e. The van der Waals surface area contributed by atoms with Crippen LogP contribution in [0.5, 0.6) is 0 Å². The number of pyridine rings is 1. The Morgan fingerprint density at radius 2 is 1.70 bits per heavy atom. The molecule has 0 saturated heterocycles. The molecule has 4 rings (SSSR count). The largest absolute Gasteiger partial charge is 0.436 e. The van der Waals surface area contributed by atoms with Crippen LogP contribution in [0.1, 0.15) is 27.7 Å². The zero-order chi connectivity index (χ0) is 21.4. The average Bonchev–Trinajstić information content (AvgIpc) is 3.16. The van der Waals surface area contributed by atoms with Crippen molar-refractivity contribution < 1.29 is 14.2 Å². The molecule has 2 aromatic heterocycles. The second-order valence-electron chi connectivity index (χ2n) is 8.37. The third-order valence-electron chi connectivity index (χ3n) is 5.48. The number of fused-ring (bicyclic) bond motifs is 1. The zero-order valence-corrected chi connectivity index (χ0v) is 17.6. The van der Waals surface area contributed by atoms with Gasteiger partial charge in [-0.1, -0.05) is 35.8 Å². The quantitative estimate of drug-likeness (QED) is 0.488. The summed E-state index contributed by atoms with van der Waals surface area (Å²) in [6.45, 7) is 7.21. The average molecular weight is 399 g/mol. The first-order valence-corrected chi connectivity index (χ1v) is 9.88. The lowest BCUT2D eigenvalue weighted by Crippen LogP contribution is -2.49. The minimum atomic E-state index is -0.967. The predicted molar refractivity (Wildman–Crippen MR) is 120 cm³/mol. The topological polar surface area (TPSA) is 68.4 Å². The molecule has 0 atom stereocenters. The number of aromatic nitrogens is 2. The van der Waals surface area contributed by atoms with Gasteiger partial charge >= 0.3 is 7.48 Å². The van der Waals surface area contributed by atoms with E-state index in [-0.39, 0.29) is 0 Å². The van der Waals surface area contributed by atoms with E-state index >= 15 is 0 Å². The molecule has 6 heteroatoms. The van der Waals surface area contributed by atoms with Crippen LogP contribution in [0, 0.1) is 0 Å². The summed E-state index contributed by atoms with van der Waals surface area (Å²) in [7, 11) is 1.69. The van der Waals surface area contributed by atoms with Crippen molar-refractivity contribution in [3.8, 4) is 22.6 Å². The number of nitrogens with zero attached hydrogens (tertiary/aromatic N) is 2. The molecule has 0 aliphatic heterocycles. The van der Waals surface area contributed by atoms with Crippen LogP contribution >= 0.6 is 0 Å². The maximum absolute atomic E-state index is 10.3. The van der Waals surface area contributed by atoms with Crippen LogP contribution in [-0.2, 0) is 4.65 Å². The molecule has 0 bridgehead atoms. The summed E-state index contributed by atoms with van der Waals surface area (Å²) in [5.41, 5.74) is 3.68. The highest BCUT2D eigenvalue weighted by atomic mass is 16.5. The summed E-state index contributed by atoms with van der Waals surface area (Å²) in [5, 5.41) is 10.3. The van der Waals surface area contributed by atoms with Gasteiger partial charge in [0.2, 0.25) is 5.89 Å². The summed E-state index contributed by atoms with van der Waals surface area (Å²) < 4.78 is 11.8. The van der Waals surface area contributed by atoms with Crippen LogP contribution < -0.4 is 5.46 Å². The third kappa shape index (κ3) is 4.15. The maximum atomic E-state index is 10.3. The lowest BCUT2D eigenvalue weighted by Gasteiger charge is -2.37. The number of aliphatic hydroxyl groups is 1. The molecule has 4 aromatic rings. The first kappa shape index (κ1) is 20.3. The number of rotatable bonds is 6. The fraction of sp³-hybridized carbons (Fsp3) is 0.250. The van der Waals surface area contributed by atoms with E-state index in [0.717, 1.165) is 33.3 Å². The molecule has 0 fully saturated rings. The second kappa shape index (κ2) is 7.71. The van der Waals surface area contributed by atoms with E-state index in [9.17, 15) is 5.11 Å². The Kier molecular flexibility index (Phi) is 5.22. The number of benzene rings is 2. The molecule has 2 heterocycles. The van der Waals surface area contributed by atoms with Gasteiger partial charge in [0.05, 0.1) is 16.8 Å². The molecular formula is C24H24BN2O3. The fourth-order valence-electron chi connectivity index (χ4n) is 2.87. The van der Waals surface area contributed by atoms with E-state index in [1.807, 2.05) is 68.4 Å². The summed E-state index contributed by atoms with van der Waals surface area (Å²) in [4.78, 5) is 8.75. The van der Waals surface area contributed by atoms with Gasteiger partial charge in [0.25, 0.3) is 0 Å². The summed E-state index contributed by atoms with van der Waals surface area (Å²) in [6.07, 6.45) is 3.46. The molecule has 1 radical (unpaired) electrons. The molecule has 0 amide bonds. The monoisotopic (exact) mass is 399 g/mol. The van der Waals surface area contributed by atoms with Crippen molar-refractivity contribution >= 4 is 24.0 Å². The molecule has 151 valence electrons. The Morgan fingerprint density at radius 1 is 0.933 bits per heavy atom. The molecule has 0 aliphatic rings. The Morgan fingerprint density at radius 3 is 2.43 bits per heavy atom. The lowest BCUT2D eigenvalue weighted by molar-refractivity contribution is -0.0893. The standard InChI is InChI=1S/C24H24BN2O3/c1-23(2,28)24(3,4)30-25-19-9-5-7-16(13-19)17-10-11-21-20(14-17)27-22(29-21)18-8-6-12-26-15-18/h5-15,28H,1-4H3. The summed E-state index contributed by atoms with van der Waals surface area (Å²) in [6, 6.07) is 17.8. The van der Waals surface area contributed by atoms with E-state index in [0.29, 0.717) is 5.89 Å². The number of hydrogen-bond acceptors (Lipinski definition) is 5. The number of hydrogen-bond donors (Lipinski definition) is 1. The van der Waals surface area contributed by atoms with Crippen molar-refractivity contribution in [1.82, 2.24) is 9.97 Å². The van der Waals surface area contributed by atoms with Gasteiger partial charge in [-0.25, -0.2) is 4.98 Å². The van der Waals surface area contributed by atoms with Crippen molar-refractivity contribution in [3.63, 3.8) is 0 Å². The lowest BCUT2D eigenvalue weighted by atomic mass is 9.81. The van der Waals surface area contributed by atoms with Gasteiger partial charge in [0.1, 0.15) is 5.52 Å². The van der Waals surface area contributed by atoms with Crippen molar-refractivity contribution in [2.75, 3.05) is 0 Å². The zero-order valence-electron chi connectivity index (χ0n) is 17.6. The van der Waals surface area contributed by atoms with Crippen molar-refractivity contribution in [3.05, 3.63) is 67.0 Å². The molecule has 0 aliphatic carbocycles. The fourth-order valence-corrected chi connectivity index (χ4v) is 2.87. The highest BCUT2D eigenvalue weighted by Crippen LogP contribution is 2.28. The highest BCUT2D eigenvalue weighted by Gasteiger charge is 2.35. The molecule has 0 unspecified atom stereocenters. The van der Waals surface area contributed by atoms with Gasteiger partial charge in [0.15, 0.2) is 5.58 Å². The molecule has 2 aromatic carbocycles. The molecule has 5 nitrogen and oxygen atoms in total. The normalized spacial score (nSPS) is 12.3. The van der Waals surface area contributed by atoms with Crippen LogP contribution in [0.25, 0.3) is 33.7 Å². The van der Waals surface area contributed by atoms with Gasteiger partial charge in [-0.2, -0.15) is 0 Å². The molecule has 0 spiro atoms. The predicted octanol–water partition coefficient (Wildman–Crippen LogP) is 4.37. The third-order valence-corrected chi connectivity index (χ3v) is 5.48. The first-order chi connectivity index (χ1) is 14.2. The van der Waals surface area contributed by atoms with Gasteiger partial charge in [-0.05, 0) is 63.1 Å². The molecule has 30 heavy (non-hydrogen) atoms. The van der Waals surface area contributed by atoms with Crippen molar-refractivity contribution in [2.45, 2.75) is 38.9 Å². The van der Waals surface area contributed by atoms with Gasteiger partial charge in [-0.3, -0.25) is 4.98 Å². The van der Waals surface area contributed by atoms with Crippen molar-refractivity contribution in [2.24, 2.45) is 0 Å². The Balaban J connectivity index is 1.59. The second-order valence-corrected chi connectivity index (χ2v) is 8.37. The molecule has 0 saturated carbocycles.